The first-order valence-electron chi connectivity index (χ1n) is 4.74. The zero-order valence-electron chi connectivity index (χ0n) is 9.57. The number of imidazole rings is 1. The van der Waals surface area contributed by atoms with Crippen LogP contribution >= 0.6 is 0 Å². The van der Waals surface area contributed by atoms with Crippen LogP contribution in [0.1, 0.15) is 12.6 Å². The number of hydrogen-bond donors (Lipinski definition) is 1. The molecule has 0 radical (unpaired) electrons. The third-order valence-corrected chi connectivity index (χ3v) is 2.70. The molecule has 0 unspecified atom stereocenters. The first kappa shape index (κ1) is 11.7. The minimum absolute atomic E-state index is 0.248. The molecule has 0 aromatic carbocycles. The number of likely N-dealkylation sites (N-methyl/N-ethyl adjacent to an activating group) is 1. The van der Waals surface area contributed by atoms with E-state index in [0.29, 0.717) is 6.42 Å². The SMILES string of the molecule is COC(=O)[C@](C)(Cc1cnc[nH]1)N(C)C. The van der Waals surface area contributed by atoms with Gasteiger partial charge in [-0.25, -0.2) is 4.98 Å². The minimum atomic E-state index is -0.665. The Morgan fingerprint density at radius 2 is 2.33 bits per heavy atom. The summed E-state index contributed by atoms with van der Waals surface area (Å²) in [6, 6.07) is 0. The van der Waals surface area contributed by atoms with Crippen molar-refractivity contribution in [2.45, 2.75) is 18.9 Å². The van der Waals surface area contributed by atoms with E-state index in [1.807, 2.05) is 25.9 Å². The van der Waals surface area contributed by atoms with Crippen LogP contribution in [-0.2, 0) is 16.0 Å². The van der Waals surface area contributed by atoms with Gasteiger partial charge < -0.3 is 9.72 Å². The summed E-state index contributed by atoms with van der Waals surface area (Å²) in [5.41, 5.74) is 0.248. The zero-order valence-corrected chi connectivity index (χ0v) is 9.57. The summed E-state index contributed by atoms with van der Waals surface area (Å²) in [7, 11) is 5.11. The van der Waals surface area contributed by atoms with Crippen molar-refractivity contribution in [1.29, 1.82) is 0 Å². The van der Waals surface area contributed by atoms with Crippen molar-refractivity contribution in [3.63, 3.8) is 0 Å². The van der Waals surface area contributed by atoms with Crippen LogP contribution in [-0.4, -0.2) is 47.6 Å². The van der Waals surface area contributed by atoms with Gasteiger partial charge in [0.05, 0.1) is 13.4 Å². The highest BCUT2D eigenvalue weighted by atomic mass is 16.5. The lowest BCUT2D eigenvalue weighted by Crippen LogP contribution is -2.51. The van der Waals surface area contributed by atoms with Gasteiger partial charge in [-0.2, -0.15) is 0 Å². The van der Waals surface area contributed by atoms with Crippen LogP contribution in [0, 0.1) is 0 Å². The maximum absolute atomic E-state index is 11.7. The Morgan fingerprint density at radius 3 is 2.73 bits per heavy atom. The molecule has 0 aliphatic heterocycles. The second-order valence-corrected chi connectivity index (χ2v) is 3.91. The van der Waals surface area contributed by atoms with Gasteiger partial charge in [-0.15, -0.1) is 0 Å². The highest BCUT2D eigenvalue weighted by Crippen LogP contribution is 2.18. The molecule has 0 bridgehead atoms. The second-order valence-electron chi connectivity index (χ2n) is 3.91. The third-order valence-electron chi connectivity index (χ3n) is 2.70. The number of ether oxygens (including phenoxy) is 1. The molecule has 84 valence electrons. The van der Waals surface area contributed by atoms with Gasteiger partial charge in [0.1, 0.15) is 5.54 Å². The highest BCUT2D eigenvalue weighted by Gasteiger charge is 2.37. The van der Waals surface area contributed by atoms with E-state index in [2.05, 4.69) is 9.97 Å². The Bertz CT molecular complexity index is 321. The predicted octanol–water partition coefficient (Wildman–Crippen LogP) is 0.445. The molecule has 0 spiro atoms. The Labute approximate surface area is 89.4 Å². The Morgan fingerprint density at radius 1 is 1.67 bits per heavy atom. The summed E-state index contributed by atoms with van der Waals surface area (Å²) in [6.45, 7) is 1.85. The van der Waals surface area contributed by atoms with Gasteiger partial charge >= 0.3 is 5.97 Å². The number of H-pyrrole nitrogens is 1. The molecular weight excluding hydrogens is 194 g/mol. The van der Waals surface area contributed by atoms with Crippen LogP contribution < -0.4 is 0 Å². The van der Waals surface area contributed by atoms with Gasteiger partial charge in [-0.05, 0) is 21.0 Å². The molecule has 1 N–H and O–H groups in total. The van der Waals surface area contributed by atoms with Crippen molar-refractivity contribution in [2.75, 3.05) is 21.2 Å². The van der Waals surface area contributed by atoms with Crippen LogP contribution in [0.5, 0.6) is 0 Å². The van der Waals surface area contributed by atoms with Crippen LogP contribution in [0.4, 0.5) is 0 Å². The van der Waals surface area contributed by atoms with E-state index in [1.54, 1.807) is 12.5 Å². The van der Waals surface area contributed by atoms with Crippen molar-refractivity contribution >= 4 is 5.97 Å². The third kappa shape index (κ3) is 2.36. The van der Waals surface area contributed by atoms with E-state index in [4.69, 9.17) is 4.74 Å². The van der Waals surface area contributed by atoms with Crippen LogP contribution in [0.25, 0.3) is 0 Å². The largest absolute Gasteiger partial charge is 0.468 e. The predicted molar refractivity (Wildman–Crippen MR) is 56.4 cm³/mol. The number of carbonyl (C=O) groups excluding carboxylic acids is 1. The highest BCUT2D eigenvalue weighted by molar-refractivity contribution is 5.80. The second kappa shape index (κ2) is 4.44. The summed E-state index contributed by atoms with van der Waals surface area (Å²) >= 11 is 0. The molecule has 0 saturated heterocycles. The van der Waals surface area contributed by atoms with Gasteiger partial charge in [-0.3, -0.25) is 9.69 Å². The van der Waals surface area contributed by atoms with Gasteiger partial charge in [0.15, 0.2) is 0 Å². The van der Waals surface area contributed by atoms with Crippen LogP contribution in [0.15, 0.2) is 12.5 Å². The lowest BCUT2D eigenvalue weighted by molar-refractivity contribution is -0.152. The Hall–Kier alpha value is -1.36. The monoisotopic (exact) mass is 211 g/mol. The standard InChI is InChI=1S/C10H17N3O2/c1-10(13(2)3,9(14)15-4)5-8-6-11-7-12-8/h6-7H,5H2,1-4H3,(H,11,12)/t10-/m0/s1. The van der Waals surface area contributed by atoms with Crippen molar-refractivity contribution in [2.24, 2.45) is 0 Å². The molecule has 5 nitrogen and oxygen atoms in total. The number of methoxy groups -OCH3 is 1. The van der Waals surface area contributed by atoms with Gasteiger partial charge in [0.2, 0.25) is 0 Å². The first-order valence-corrected chi connectivity index (χ1v) is 4.74. The average molecular weight is 211 g/mol. The molecule has 5 heteroatoms. The normalized spacial score (nSPS) is 15.0. The Kier molecular flexibility index (Phi) is 3.47. The van der Waals surface area contributed by atoms with Crippen LogP contribution in [0.2, 0.25) is 0 Å². The number of rotatable bonds is 4. The summed E-state index contributed by atoms with van der Waals surface area (Å²) in [4.78, 5) is 20.5. The van der Waals surface area contributed by atoms with Gasteiger partial charge in [0, 0.05) is 18.3 Å². The van der Waals surface area contributed by atoms with E-state index in [-0.39, 0.29) is 5.97 Å². The van der Waals surface area contributed by atoms with Crippen molar-refractivity contribution < 1.29 is 9.53 Å². The molecule has 0 aliphatic carbocycles. The van der Waals surface area contributed by atoms with Crippen molar-refractivity contribution in [3.05, 3.63) is 18.2 Å². The molecule has 1 aromatic rings. The molecule has 0 aliphatic rings. The number of aromatic nitrogens is 2. The smallest absolute Gasteiger partial charge is 0.326 e. The lowest BCUT2D eigenvalue weighted by atomic mass is 9.95. The fourth-order valence-corrected chi connectivity index (χ4v) is 1.38. The van der Waals surface area contributed by atoms with Crippen LogP contribution in [0.3, 0.4) is 0 Å². The molecule has 15 heavy (non-hydrogen) atoms. The fraction of sp³-hybridized carbons (Fsp3) is 0.600. The quantitative estimate of drug-likeness (QED) is 0.734. The van der Waals surface area contributed by atoms with E-state index in [1.165, 1.54) is 7.11 Å². The van der Waals surface area contributed by atoms with Crippen molar-refractivity contribution in [3.8, 4) is 0 Å². The van der Waals surface area contributed by atoms with E-state index in [0.717, 1.165) is 5.69 Å². The molecule has 1 aromatic heterocycles. The molecule has 0 fully saturated rings. The van der Waals surface area contributed by atoms with E-state index < -0.39 is 5.54 Å². The Balaban J connectivity index is 2.87. The number of nitrogens with one attached hydrogen (secondary N) is 1. The zero-order chi connectivity index (χ0) is 11.5. The van der Waals surface area contributed by atoms with E-state index >= 15 is 0 Å². The maximum atomic E-state index is 11.7. The minimum Gasteiger partial charge on any atom is -0.468 e. The number of nitrogens with zero attached hydrogens (tertiary/aromatic N) is 2. The molecule has 0 amide bonds. The van der Waals surface area contributed by atoms with Gasteiger partial charge in [0.25, 0.3) is 0 Å². The molecule has 1 atom stereocenters. The molecule has 1 heterocycles. The summed E-state index contributed by atoms with van der Waals surface area (Å²) in [5, 5.41) is 0. The summed E-state index contributed by atoms with van der Waals surface area (Å²) < 4.78 is 4.81. The number of carbonyl (C=O) groups is 1. The topological polar surface area (TPSA) is 58.2 Å². The summed E-state index contributed by atoms with van der Waals surface area (Å²) in [5.74, 6) is -0.248. The van der Waals surface area contributed by atoms with Gasteiger partial charge in [-0.1, -0.05) is 0 Å². The number of esters is 1. The van der Waals surface area contributed by atoms with E-state index in [9.17, 15) is 4.79 Å². The number of aromatic amines is 1. The molecular formula is C10H17N3O2. The average Bonchev–Trinajstić information content (AvgIpc) is 2.68. The lowest BCUT2D eigenvalue weighted by Gasteiger charge is -2.32. The van der Waals surface area contributed by atoms with Crippen molar-refractivity contribution in [1.82, 2.24) is 14.9 Å². The number of hydrogen-bond acceptors (Lipinski definition) is 4. The maximum Gasteiger partial charge on any atom is 0.326 e. The first-order chi connectivity index (χ1) is 7.00. The molecule has 0 saturated carbocycles. The summed E-state index contributed by atoms with van der Waals surface area (Å²) in [6.07, 6.45) is 3.86. The fourth-order valence-electron chi connectivity index (χ4n) is 1.38. The molecule has 1 rings (SSSR count).